The van der Waals surface area contributed by atoms with Gasteiger partial charge in [0.05, 0.1) is 0 Å². The molecule has 0 bridgehead atoms. The topological polar surface area (TPSA) is 42.2 Å². The van der Waals surface area contributed by atoms with Gasteiger partial charge in [-0.1, -0.05) is 0 Å². The Morgan fingerprint density at radius 3 is 2.81 bits per heavy atom. The molecule has 0 aliphatic heterocycles. The number of hydrogen-bond acceptors (Lipinski definition) is 3. The van der Waals surface area contributed by atoms with Crippen molar-refractivity contribution in [1.82, 2.24) is 4.98 Å². The lowest BCUT2D eigenvalue weighted by Crippen LogP contribution is -2.29. The van der Waals surface area contributed by atoms with Crippen LogP contribution in [0.4, 0.5) is 5.69 Å². The number of aromatic nitrogens is 1. The first-order chi connectivity index (χ1) is 7.74. The number of pyridine rings is 1. The molecule has 3 nitrogen and oxygen atoms in total. The smallest absolute Gasteiger partial charge is 0.0432 e. The van der Waals surface area contributed by atoms with Gasteiger partial charge in [0.25, 0.3) is 0 Å². The highest BCUT2D eigenvalue weighted by Crippen LogP contribution is 2.33. The summed E-state index contributed by atoms with van der Waals surface area (Å²) < 4.78 is 0. The summed E-state index contributed by atoms with van der Waals surface area (Å²) in [5, 5.41) is 0. The van der Waals surface area contributed by atoms with Gasteiger partial charge in [0.15, 0.2) is 0 Å². The lowest BCUT2D eigenvalue weighted by molar-refractivity contribution is 0.729. The molecule has 0 amide bonds. The van der Waals surface area contributed by atoms with Gasteiger partial charge in [-0.15, -0.1) is 0 Å². The van der Waals surface area contributed by atoms with E-state index in [2.05, 4.69) is 29.8 Å². The molecule has 16 heavy (non-hydrogen) atoms. The standard InChI is InChI=1S/C13H21N3/c1-10-11(2)15-8-6-13(10)16(9-3-7-14)12-4-5-12/h6,8,12H,3-5,7,9,14H2,1-2H3. The monoisotopic (exact) mass is 219 g/mol. The van der Waals surface area contributed by atoms with E-state index in [-0.39, 0.29) is 0 Å². The van der Waals surface area contributed by atoms with Gasteiger partial charge >= 0.3 is 0 Å². The number of anilines is 1. The fourth-order valence-electron chi connectivity index (χ4n) is 2.09. The zero-order chi connectivity index (χ0) is 11.5. The van der Waals surface area contributed by atoms with Gasteiger partial charge in [0, 0.05) is 30.2 Å². The maximum Gasteiger partial charge on any atom is 0.0432 e. The first kappa shape index (κ1) is 11.4. The Morgan fingerprint density at radius 1 is 1.44 bits per heavy atom. The van der Waals surface area contributed by atoms with Crippen LogP contribution >= 0.6 is 0 Å². The second-order valence-corrected chi connectivity index (χ2v) is 4.61. The minimum atomic E-state index is 0.743. The molecule has 0 saturated heterocycles. The number of nitrogens with zero attached hydrogens (tertiary/aromatic N) is 2. The number of nitrogens with two attached hydrogens (primary N) is 1. The summed E-state index contributed by atoms with van der Waals surface area (Å²) >= 11 is 0. The van der Waals surface area contributed by atoms with E-state index in [0.29, 0.717) is 0 Å². The summed E-state index contributed by atoms with van der Waals surface area (Å²) in [6.45, 7) is 6.08. The van der Waals surface area contributed by atoms with Crippen LogP contribution in [0.25, 0.3) is 0 Å². The minimum Gasteiger partial charge on any atom is -0.368 e. The molecule has 1 aromatic heterocycles. The molecule has 0 aromatic carbocycles. The van der Waals surface area contributed by atoms with Gasteiger partial charge in [-0.3, -0.25) is 4.98 Å². The van der Waals surface area contributed by atoms with Gasteiger partial charge in [-0.05, 0) is 51.3 Å². The summed E-state index contributed by atoms with van der Waals surface area (Å²) in [5.74, 6) is 0. The van der Waals surface area contributed by atoms with Crippen LogP contribution in [-0.2, 0) is 0 Å². The molecule has 2 rings (SSSR count). The molecule has 1 aliphatic carbocycles. The normalized spacial score (nSPS) is 15.2. The molecular formula is C13H21N3. The first-order valence-electron chi connectivity index (χ1n) is 6.13. The molecule has 1 saturated carbocycles. The zero-order valence-electron chi connectivity index (χ0n) is 10.2. The molecule has 0 unspecified atom stereocenters. The van der Waals surface area contributed by atoms with E-state index in [0.717, 1.165) is 31.2 Å². The summed E-state index contributed by atoms with van der Waals surface area (Å²) in [7, 11) is 0. The lowest BCUT2D eigenvalue weighted by atomic mass is 10.1. The van der Waals surface area contributed by atoms with Crippen molar-refractivity contribution < 1.29 is 0 Å². The SMILES string of the molecule is Cc1nccc(N(CCCN)C2CC2)c1C. The van der Waals surface area contributed by atoms with Crippen molar-refractivity contribution in [3.05, 3.63) is 23.5 Å². The fourth-order valence-corrected chi connectivity index (χ4v) is 2.09. The Morgan fingerprint density at radius 2 is 2.19 bits per heavy atom. The summed E-state index contributed by atoms with van der Waals surface area (Å²) in [6.07, 6.45) is 5.63. The Labute approximate surface area is 97.7 Å². The largest absolute Gasteiger partial charge is 0.368 e. The van der Waals surface area contributed by atoms with Crippen LogP contribution in [0.1, 0.15) is 30.5 Å². The van der Waals surface area contributed by atoms with Crippen LogP contribution in [0.5, 0.6) is 0 Å². The third-order valence-electron chi connectivity index (χ3n) is 3.33. The summed E-state index contributed by atoms with van der Waals surface area (Å²) in [4.78, 5) is 6.84. The van der Waals surface area contributed by atoms with E-state index in [9.17, 15) is 0 Å². The van der Waals surface area contributed by atoms with Crippen molar-refractivity contribution in [2.75, 3.05) is 18.0 Å². The summed E-state index contributed by atoms with van der Waals surface area (Å²) in [5.41, 5.74) is 9.40. The molecule has 1 aromatic rings. The van der Waals surface area contributed by atoms with Crippen molar-refractivity contribution in [2.45, 2.75) is 39.2 Å². The van der Waals surface area contributed by atoms with Crippen LogP contribution in [0.2, 0.25) is 0 Å². The Kier molecular flexibility index (Phi) is 3.44. The van der Waals surface area contributed by atoms with Crippen molar-refractivity contribution in [1.29, 1.82) is 0 Å². The van der Waals surface area contributed by atoms with E-state index < -0.39 is 0 Å². The quantitative estimate of drug-likeness (QED) is 0.823. The molecule has 0 radical (unpaired) electrons. The van der Waals surface area contributed by atoms with E-state index in [4.69, 9.17) is 5.73 Å². The van der Waals surface area contributed by atoms with E-state index in [1.807, 2.05) is 6.20 Å². The highest BCUT2D eigenvalue weighted by Gasteiger charge is 2.29. The molecule has 1 fully saturated rings. The highest BCUT2D eigenvalue weighted by atomic mass is 15.2. The second-order valence-electron chi connectivity index (χ2n) is 4.61. The predicted molar refractivity (Wildman–Crippen MR) is 67.8 cm³/mol. The average molecular weight is 219 g/mol. The van der Waals surface area contributed by atoms with Crippen molar-refractivity contribution in [2.24, 2.45) is 5.73 Å². The van der Waals surface area contributed by atoms with Crippen LogP contribution in [0.3, 0.4) is 0 Å². The molecule has 1 heterocycles. The van der Waals surface area contributed by atoms with Crippen molar-refractivity contribution >= 4 is 5.69 Å². The molecular weight excluding hydrogens is 198 g/mol. The van der Waals surface area contributed by atoms with Crippen LogP contribution < -0.4 is 10.6 Å². The highest BCUT2D eigenvalue weighted by molar-refractivity contribution is 5.55. The molecule has 3 heteroatoms. The predicted octanol–water partition coefficient (Wildman–Crippen LogP) is 2.02. The van der Waals surface area contributed by atoms with Crippen molar-refractivity contribution in [3.8, 4) is 0 Å². The third kappa shape index (κ3) is 2.35. The maximum atomic E-state index is 5.60. The van der Waals surface area contributed by atoms with Crippen molar-refractivity contribution in [3.63, 3.8) is 0 Å². The molecule has 88 valence electrons. The minimum absolute atomic E-state index is 0.743. The van der Waals surface area contributed by atoms with Gasteiger partial charge in [-0.2, -0.15) is 0 Å². The first-order valence-corrected chi connectivity index (χ1v) is 6.13. The van der Waals surface area contributed by atoms with Gasteiger partial charge in [0.2, 0.25) is 0 Å². The molecule has 0 atom stereocenters. The third-order valence-corrected chi connectivity index (χ3v) is 3.33. The average Bonchev–Trinajstić information content (AvgIpc) is 3.08. The van der Waals surface area contributed by atoms with E-state index in [1.165, 1.54) is 24.1 Å². The van der Waals surface area contributed by atoms with Crippen LogP contribution in [0, 0.1) is 13.8 Å². The maximum absolute atomic E-state index is 5.60. The zero-order valence-corrected chi connectivity index (χ0v) is 10.2. The van der Waals surface area contributed by atoms with Crippen LogP contribution in [-0.4, -0.2) is 24.1 Å². The van der Waals surface area contributed by atoms with Gasteiger partial charge in [-0.25, -0.2) is 0 Å². The summed E-state index contributed by atoms with van der Waals surface area (Å²) in [6, 6.07) is 2.88. The van der Waals surface area contributed by atoms with Crippen LogP contribution in [0.15, 0.2) is 12.3 Å². The van der Waals surface area contributed by atoms with E-state index in [1.54, 1.807) is 0 Å². The Bertz CT molecular complexity index is 358. The fraction of sp³-hybridized carbons (Fsp3) is 0.615. The Hall–Kier alpha value is -1.09. The van der Waals surface area contributed by atoms with Gasteiger partial charge < -0.3 is 10.6 Å². The Balaban J connectivity index is 2.20. The van der Waals surface area contributed by atoms with E-state index >= 15 is 0 Å². The molecule has 1 aliphatic rings. The molecule has 2 N–H and O–H groups in total. The number of hydrogen-bond donors (Lipinski definition) is 1. The molecule has 0 spiro atoms. The lowest BCUT2D eigenvalue weighted by Gasteiger charge is -2.26. The number of aryl methyl sites for hydroxylation is 1. The second kappa shape index (κ2) is 4.83. The van der Waals surface area contributed by atoms with Gasteiger partial charge in [0.1, 0.15) is 0 Å². The number of rotatable bonds is 5.